The maximum absolute atomic E-state index is 10.6. The normalized spacial score (nSPS) is 11.7. The largest absolute Gasteiger partial charge is 0.481 e. The van der Waals surface area contributed by atoms with Crippen molar-refractivity contribution >= 4 is 17.6 Å². The van der Waals surface area contributed by atoms with Gasteiger partial charge in [-0.15, -0.1) is 0 Å². The molecule has 0 saturated carbocycles. The lowest BCUT2D eigenvalue weighted by atomic mass is 10.1. The number of aromatic nitrogens is 2. The minimum atomic E-state index is -0.811. The lowest BCUT2D eigenvalue weighted by molar-refractivity contribution is -0.136. The van der Waals surface area contributed by atoms with Crippen molar-refractivity contribution in [2.75, 3.05) is 6.54 Å². The van der Waals surface area contributed by atoms with Crippen LogP contribution in [0.5, 0.6) is 0 Å². The first kappa shape index (κ1) is 17.5. The van der Waals surface area contributed by atoms with Crippen molar-refractivity contribution < 1.29 is 9.90 Å². The fourth-order valence-electron chi connectivity index (χ4n) is 2.18. The fraction of sp³-hybridized carbons (Fsp3) is 0.412. The summed E-state index contributed by atoms with van der Waals surface area (Å²) >= 11 is 6.31. The van der Waals surface area contributed by atoms with Crippen LogP contribution in [0.2, 0.25) is 5.02 Å². The number of carbonyl (C=O) groups is 1. The number of rotatable bonds is 6. The predicted molar refractivity (Wildman–Crippen MR) is 91.6 cm³/mol. The molecule has 23 heavy (non-hydrogen) atoms. The molecule has 6 heteroatoms. The van der Waals surface area contributed by atoms with E-state index in [0.29, 0.717) is 18.1 Å². The van der Waals surface area contributed by atoms with Crippen LogP contribution in [0.4, 0.5) is 0 Å². The molecule has 124 valence electrons. The highest BCUT2D eigenvalue weighted by molar-refractivity contribution is 6.33. The topological polar surface area (TPSA) is 67.2 Å². The molecule has 0 bridgehead atoms. The van der Waals surface area contributed by atoms with E-state index in [9.17, 15) is 4.79 Å². The molecular formula is C17H22ClN3O2. The molecule has 1 aromatic heterocycles. The van der Waals surface area contributed by atoms with Gasteiger partial charge in [-0.3, -0.25) is 9.48 Å². The monoisotopic (exact) mass is 335 g/mol. The third-order valence-corrected chi connectivity index (χ3v) is 3.77. The van der Waals surface area contributed by atoms with Gasteiger partial charge >= 0.3 is 5.97 Å². The Kier molecular flexibility index (Phi) is 5.44. The molecule has 0 aliphatic rings. The Morgan fingerprint density at radius 3 is 2.65 bits per heavy atom. The van der Waals surface area contributed by atoms with Crippen molar-refractivity contribution in [3.05, 3.63) is 41.0 Å². The van der Waals surface area contributed by atoms with Gasteiger partial charge in [-0.1, -0.05) is 29.8 Å². The van der Waals surface area contributed by atoms with Crippen LogP contribution in [0.15, 0.2) is 30.5 Å². The van der Waals surface area contributed by atoms with E-state index in [-0.39, 0.29) is 12.0 Å². The Labute approximate surface area is 141 Å². The molecule has 2 rings (SSSR count). The summed E-state index contributed by atoms with van der Waals surface area (Å²) < 4.78 is 1.92. The first-order valence-corrected chi connectivity index (χ1v) is 7.93. The third-order valence-electron chi connectivity index (χ3n) is 3.44. The molecule has 0 spiro atoms. The van der Waals surface area contributed by atoms with Crippen LogP contribution in [-0.2, 0) is 16.9 Å². The van der Waals surface area contributed by atoms with E-state index in [4.69, 9.17) is 21.8 Å². The number of benzene rings is 1. The Morgan fingerprint density at radius 1 is 1.35 bits per heavy atom. The third kappa shape index (κ3) is 4.56. The summed E-state index contributed by atoms with van der Waals surface area (Å²) in [7, 11) is 0. The van der Waals surface area contributed by atoms with Crippen LogP contribution >= 0.6 is 11.6 Å². The van der Waals surface area contributed by atoms with Crippen molar-refractivity contribution in [3.63, 3.8) is 0 Å². The first-order chi connectivity index (χ1) is 10.8. The minimum absolute atomic E-state index is 0.0921. The lowest BCUT2D eigenvalue weighted by Crippen LogP contribution is -2.22. The smallest absolute Gasteiger partial charge is 0.304 e. The molecule has 2 N–H and O–H groups in total. The average molecular weight is 336 g/mol. The zero-order chi connectivity index (χ0) is 17.0. The van der Waals surface area contributed by atoms with E-state index < -0.39 is 5.97 Å². The maximum atomic E-state index is 10.6. The van der Waals surface area contributed by atoms with Crippen molar-refractivity contribution in [2.24, 2.45) is 0 Å². The van der Waals surface area contributed by atoms with E-state index in [1.165, 1.54) is 0 Å². The molecule has 0 fully saturated rings. The molecule has 0 amide bonds. The van der Waals surface area contributed by atoms with Gasteiger partial charge in [-0.25, -0.2) is 0 Å². The molecular weight excluding hydrogens is 314 g/mol. The van der Waals surface area contributed by atoms with E-state index in [0.717, 1.165) is 16.8 Å². The Hall–Kier alpha value is -1.85. The second kappa shape index (κ2) is 7.15. The lowest BCUT2D eigenvalue weighted by Gasteiger charge is -2.18. The number of halogens is 1. The molecule has 0 atom stereocenters. The first-order valence-electron chi connectivity index (χ1n) is 7.55. The summed E-state index contributed by atoms with van der Waals surface area (Å²) in [4.78, 5) is 10.6. The highest BCUT2D eigenvalue weighted by Gasteiger charge is 2.20. The van der Waals surface area contributed by atoms with Gasteiger partial charge in [0.1, 0.15) is 0 Å². The molecule has 0 unspecified atom stereocenters. The van der Waals surface area contributed by atoms with Gasteiger partial charge < -0.3 is 10.4 Å². The van der Waals surface area contributed by atoms with Crippen molar-refractivity contribution in [3.8, 4) is 11.3 Å². The zero-order valence-electron chi connectivity index (χ0n) is 13.6. The molecule has 0 radical (unpaired) electrons. The van der Waals surface area contributed by atoms with Crippen LogP contribution in [-0.4, -0.2) is 27.4 Å². The average Bonchev–Trinajstić information content (AvgIpc) is 2.88. The molecule has 1 aromatic carbocycles. The van der Waals surface area contributed by atoms with Crippen LogP contribution in [0.25, 0.3) is 11.3 Å². The molecule has 2 aromatic rings. The Balaban J connectivity index is 2.30. The molecule has 1 heterocycles. The number of nitrogens with zero attached hydrogens (tertiary/aromatic N) is 2. The highest BCUT2D eigenvalue weighted by Crippen LogP contribution is 2.30. The number of aliphatic carboxylic acids is 1. The van der Waals surface area contributed by atoms with Gasteiger partial charge in [0.25, 0.3) is 0 Å². The standard InChI is InChI=1S/C17H22ClN3O2/c1-17(2,3)21-11-12(10-19-9-8-15(22)23)16(20-21)13-6-4-5-7-14(13)18/h4-7,11,19H,8-10H2,1-3H3,(H,22,23). The van der Waals surface area contributed by atoms with Gasteiger partial charge in [-0.2, -0.15) is 5.10 Å². The molecule has 0 saturated heterocycles. The van der Waals surface area contributed by atoms with Crippen molar-refractivity contribution in [1.29, 1.82) is 0 Å². The second-order valence-electron chi connectivity index (χ2n) is 6.42. The quantitative estimate of drug-likeness (QED) is 0.792. The van der Waals surface area contributed by atoms with Gasteiger partial charge in [0, 0.05) is 30.4 Å². The van der Waals surface area contributed by atoms with E-state index >= 15 is 0 Å². The van der Waals surface area contributed by atoms with Crippen LogP contribution in [0.3, 0.4) is 0 Å². The highest BCUT2D eigenvalue weighted by atomic mass is 35.5. The summed E-state index contributed by atoms with van der Waals surface area (Å²) in [5, 5.41) is 17.2. The molecule has 0 aliphatic carbocycles. The summed E-state index contributed by atoms with van der Waals surface area (Å²) in [6.07, 6.45) is 2.08. The number of nitrogens with one attached hydrogen (secondary N) is 1. The SMILES string of the molecule is CC(C)(C)n1cc(CNCCC(=O)O)c(-c2ccccc2Cl)n1. The van der Waals surface area contributed by atoms with Gasteiger partial charge in [-0.05, 0) is 26.8 Å². The summed E-state index contributed by atoms with van der Waals surface area (Å²) in [5.41, 5.74) is 2.56. The van der Waals surface area contributed by atoms with Gasteiger partial charge in [0.15, 0.2) is 0 Å². The Bertz CT molecular complexity index is 689. The minimum Gasteiger partial charge on any atom is -0.481 e. The number of carboxylic acids is 1. The molecule has 0 aliphatic heterocycles. The van der Waals surface area contributed by atoms with E-state index in [2.05, 4.69) is 26.1 Å². The Morgan fingerprint density at radius 2 is 2.04 bits per heavy atom. The fourth-order valence-corrected chi connectivity index (χ4v) is 2.41. The van der Waals surface area contributed by atoms with E-state index in [1.54, 1.807) is 0 Å². The summed E-state index contributed by atoms with van der Waals surface area (Å²) in [6, 6.07) is 7.60. The van der Waals surface area contributed by atoms with Crippen molar-refractivity contribution in [2.45, 2.75) is 39.3 Å². The van der Waals surface area contributed by atoms with E-state index in [1.807, 2.05) is 35.1 Å². The zero-order valence-corrected chi connectivity index (χ0v) is 14.4. The second-order valence-corrected chi connectivity index (χ2v) is 6.83. The summed E-state index contributed by atoms with van der Waals surface area (Å²) in [5.74, 6) is -0.811. The van der Waals surface area contributed by atoms with Crippen LogP contribution < -0.4 is 5.32 Å². The van der Waals surface area contributed by atoms with Crippen LogP contribution in [0, 0.1) is 0 Å². The van der Waals surface area contributed by atoms with Gasteiger partial charge in [0.05, 0.1) is 22.7 Å². The number of hydrogen-bond acceptors (Lipinski definition) is 3. The predicted octanol–water partition coefficient (Wildman–Crippen LogP) is 3.52. The van der Waals surface area contributed by atoms with Crippen LogP contribution in [0.1, 0.15) is 32.8 Å². The summed E-state index contributed by atoms with van der Waals surface area (Å²) in [6.45, 7) is 7.20. The maximum Gasteiger partial charge on any atom is 0.304 e. The number of hydrogen-bond donors (Lipinski definition) is 2. The number of carboxylic acid groups (broad SMARTS) is 1. The van der Waals surface area contributed by atoms with Crippen molar-refractivity contribution in [1.82, 2.24) is 15.1 Å². The van der Waals surface area contributed by atoms with Gasteiger partial charge in [0.2, 0.25) is 0 Å². The molecule has 5 nitrogen and oxygen atoms in total.